The third-order valence-electron chi connectivity index (χ3n) is 2.98. The van der Waals surface area contributed by atoms with Gasteiger partial charge in [-0.2, -0.15) is 0 Å². The standard InChI is InChI=1S/C12H10INO2.C5H4O3/c1-8-2-3-10(6-11(8)13)14-12(15)9-4-5-16-7-9;6-5(7)4-1-2-8-3-4/h2-7H,1H3,(H,14,15);1-3H,(H,6,7). The zero-order valence-electron chi connectivity index (χ0n) is 12.7. The van der Waals surface area contributed by atoms with E-state index in [4.69, 9.17) is 9.52 Å². The van der Waals surface area contributed by atoms with Crippen LogP contribution < -0.4 is 5.32 Å². The summed E-state index contributed by atoms with van der Waals surface area (Å²) in [5, 5.41) is 11.0. The number of anilines is 1. The third-order valence-corrected chi connectivity index (χ3v) is 4.14. The van der Waals surface area contributed by atoms with Crippen LogP contribution in [0.2, 0.25) is 0 Å². The number of carbonyl (C=O) groups is 2. The molecule has 0 aliphatic carbocycles. The number of furan rings is 2. The number of rotatable bonds is 3. The summed E-state index contributed by atoms with van der Waals surface area (Å²) in [6.45, 7) is 2.03. The molecule has 0 bridgehead atoms. The van der Waals surface area contributed by atoms with Crippen molar-refractivity contribution in [1.82, 2.24) is 0 Å². The minimum absolute atomic E-state index is 0.159. The molecule has 0 radical (unpaired) electrons. The number of halogens is 1. The first-order valence-electron chi connectivity index (χ1n) is 6.82. The van der Waals surface area contributed by atoms with E-state index in [1.165, 1.54) is 36.7 Å². The molecule has 0 aliphatic rings. The second-order valence-electron chi connectivity index (χ2n) is 4.75. The summed E-state index contributed by atoms with van der Waals surface area (Å²) in [7, 11) is 0. The second-order valence-corrected chi connectivity index (χ2v) is 5.91. The van der Waals surface area contributed by atoms with Crippen LogP contribution in [-0.4, -0.2) is 17.0 Å². The maximum Gasteiger partial charge on any atom is 0.338 e. The Hall–Kier alpha value is -2.55. The maximum absolute atomic E-state index is 11.7. The molecule has 24 heavy (non-hydrogen) atoms. The number of amides is 1. The molecular formula is C17H14INO5. The van der Waals surface area contributed by atoms with Gasteiger partial charge in [-0.1, -0.05) is 6.07 Å². The molecule has 3 aromatic rings. The lowest BCUT2D eigenvalue weighted by molar-refractivity contribution is 0.0696. The molecule has 0 aliphatic heterocycles. The minimum atomic E-state index is -0.959. The topological polar surface area (TPSA) is 92.7 Å². The van der Waals surface area contributed by atoms with Crippen molar-refractivity contribution in [1.29, 1.82) is 0 Å². The fourth-order valence-corrected chi connectivity index (χ4v) is 2.17. The van der Waals surface area contributed by atoms with Gasteiger partial charge in [-0.15, -0.1) is 0 Å². The molecule has 2 aromatic heterocycles. The first kappa shape index (κ1) is 17.8. The molecule has 0 spiro atoms. The highest BCUT2D eigenvalue weighted by molar-refractivity contribution is 14.1. The molecule has 1 amide bonds. The lowest BCUT2D eigenvalue weighted by Gasteiger charge is -2.05. The van der Waals surface area contributed by atoms with Gasteiger partial charge in [0.05, 0.1) is 23.7 Å². The lowest BCUT2D eigenvalue weighted by Crippen LogP contribution is -2.10. The highest BCUT2D eigenvalue weighted by Crippen LogP contribution is 2.17. The van der Waals surface area contributed by atoms with Crippen LogP contribution in [0.5, 0.6) is 0 Å². The Balaban J connectivity index is 0.000000219. The van der Waals surface area contributed by atoms with Gasteiger partial charge in [0.2, 0.25) is 0 Å². The van der Waals surface area contributed by atoms with Crippen molar-refractivity contribution < 1.29 is 23.5 Å². The number of carboxylic acid groups (broad SMARTS) is 1. The second kappa shape index (κ2) is 8.34. The summed E-state index contributed by atoms with van der Waals surface area (Å²) >= 11 is 2.24. The smallest absolute Gasteiger partial charge is 0.338 e. The van der Waals surface area contributed by atoms with Gasteiger partial charge in [0.1, 0.15) is 12.5 Å². The van der Waals surface area contributed by atoms with E-state index in [0.717, 1.165) is 9.26 Å². The van der Waals surface area contributed by atoms with Crippen molar-refractivity contribution in [3.8, 4) is 0 Å². The van der Waals surface area contributed by atoms with E-state index in [0.29, 0.717) is 5.56 Å². The number of hydrogen-bond donors (Lipinski definition) is 2. The minimum Gasteiger partial charge on any atom is -0.478 e. The van der Waals surface area contributed by atoms with Crippen LogP contribution >= 0.6 is 22.6 Å². The number of carboxylic acids is 1. The molecule has 0 atom stereocenters. The molecule has 0 saturated carbocycles. The van der Waals surface area contributed by atoms with E-state index in [-0.39, 0.29) is 11.5 Å². The molecule has 0 unspecified atom stereocenters. The number of nitrogens with one attached hydrogen (secondary N) is 1. The number of aryl methyl sites for hydroxylation is 1. The Morgan fingerprint density at radius 1 is 1.04 bits per heavy atom. The summed E-state index contributed by atoms with van der Waals surface area (Å²) in [5.41, 5.74) is 2.70. The molecule has 1 aromatic carbocycles. The maximum atomic E-state index is 11.7. The zero-order valence-corrected chi connectivity index (χ0v) is 14.8. The average Bonchev–Trinajstić information content (AvgIpc) is 3.24. The molecule has 0 saturated heterocycles. The van der Waals surface area contributed by atoms with Gasteiger partial charge >= 0.3 is 5.97 Å². The van der Waals surface area contributed by atoms with Crippen molar-refractivity contribution in [2.45, 2.75) is 6.92 Å². The largest absolute Gasteiger partial charge is 0.478 e. The first-order valence-corrected chi connectivity index (χ1v) is 7.90. The molecule has 6 nitrogen and oxygen atoms in total. The predicted molar refractivity (Wildman–Crippen MR) is 96.2 cm³/mol. The zero-order chi connectivity index (χ0) is 17.5. The first-order chi connectivity index (χ1) is 11.5. The van der Waals surface area contributed by atoms with Gasteiger partial charge in [-0.3, -0.25) is 4.79 Å². The molecular weight excluding hydrogens is 425 g/mol. The number of aromatic carboxylic acids is 1. The molecule has 124 valence electrons. The molecule has 2 heterocycles. The van der Waals surface area contributed by atoms with Gasteiger partial charge in [0, 0.05) is 9.26 Å². The van der Waals surface area contributed by atoms with Crippen LogP contribution in [0.25, 0.3) is 0 Å². The lowest BCUT2D eigenvalue weighted by atomic mass is 10.2. The van der Waals surface area contributed by atoms with Crippen LogP contribution in [0.4, 0.5) is 5.69 Å². The van der Waals surface area contributed by atoms with Crippen molar-refractivity contribution in [3.63, 3.8) is 0 Å². The van der Waals surface area contributed by atoms with Gasteiger partial charge in [-0.05, 0) is 59.3 Å². The molecule has 0 fully saturated rings. The summed E-state index contributed by atoms with van der Waals surface area (Å²) < 4.78 is 10.5. The van der Waals surface area contributed by atoms with Crippen LogP contribution in [0, 0.1) is 10.5 Å². The Morgan fingerprint density at radius 3 is 2.12 bits per heavy atom. The van der Waals surface area contributed by atoms with Crippen LogP contribution in [0.15, 0.2) is 64.2 Å². The fourth-order valence-electron chi connectivity index (χ4n) is 1.65. The molecule has 3 rings (SSSR count). The Bertz CT molecular complexity index is 810. The highest BCUT2D eigenvalue weighted by Gasteiger charge is 2.07. The summed E-state index contributed by atoms with van der Waals surface area (Å²) in [6.07, 6.45) is 5.41. The number of carbonyl (C=O) groups excluding carboxylic acids is 1. The highest BCUT2D eigenvalue weighted by atomic mass is 127. The monoisotopic (exact) mass is 439 g/mol. The third kappa shape index (κ3) is 4.98. The van der Waals surface area contributed by atoms with E-state index in [1.54, 1.807) is 6.07 Å². The van der Waals surface area contributed by atoms with E-state index in [9.17, 15) is 9.59 Å². The number of benzene rings is 1. The van der Waals surface area contributed by atoms with Crippen molar-refractivity contribution in [3.05, 3.63) is 75.6 Å². The summed E-state index contributed by atoms with van der Waals surface area (Å²) in [6, 6.07) is 8.83. The predicted octanol–water partition coefficient (Wildman–Crippen LogP) is 4.42. The van der Waals surface area contributed by atoms with E-state index in [2.05, 4.69) is 32.3 Å². The van der Waals surface area contributed by atoms with Gasteiger partial charge in [0.15, 0.2) is 0 Å². The van der Waals surface area contributed by atoms with Gasteiger partial charge < -0.3 is 19.3 Å². The molecule has 2 N–H and O–H groups in total. The molecule has 7 heteroatoms. The van der Waals surface area contributed by atoms with Crippen LogP contribution in [-0.2, 0) is 0 Å². The number of hydrogen-bond acceptors (Lipinski definition) is 4. The Kier molecular flexibility index (Phi) is 6.19. The van der Waals surface area contributed by atoms with Crippen molar-refractivity contribution in [2.75, 3.05) is 5.32 Å². The van der Waals surface area contributed by atoms with Gasteiger partial charge in [0.25, 0.3) is 5.91 Å². The Morgan fingerprint density at radius 2 is 1.67 bits per heavy atom. The van der Waals surface area contributed by atoms with Crippen molar-refractivity contribution >= 4 is 40.2 Å². The SMILES string of the molecule is Cc1ccc(NC(=O)c2ccoc2)cc1I.O=C(O)c1ccoc1. The summed E-state index contributed by atoms with van der Waals surface area (Å²) in [5.74, 6) is -1.12. The van der Waals surface area contributed by atoms with E-state index >= 15 is 0 Å². The quantitative estimate of drug-likeness (QED) is 0.590. The van der Waals surface area contributed by atoms with E-state index in [1.807, 2.05) is 25.1 Å². The average molecular weight is 439 g/mol. The normalized spacial score (nSPS) is 9.75. The van der Waals surface area contributed by atoms with Gasteiger partial charge in [-0.25, -0.2) is 4.79 Å². The fraction of sp³-hybridized carbons (Fsp3) is 0.0588. The summed E-state index contributed by atoms with van der Waals surface area (Å²) in [4.78, 5) is 21.7. The van der Waals surface area contributed by atoms with Crippen LogP contribution in [0.3, 0.4) is 0 Å². The van der Waals surface area contributed by atoms with Crippen molar-refractivity contribution in [2.24, 2.45) is 0 Å². The van der Waals surface area contributed by atoms with E-state index < -0.39 is 5.97 Å². The Labute approximate surface area is 151 Å². The van der Waals surface area contributed by atoms with Crippen LogP contribution in [0.1, 0.15) is 26.3 Å².